The van der Waals surface area contributed by atoms with Crippen LogP contribution in [0.4, 0.5) is 22.7 Å². The largest absolute Gasteiger partial charge is 0.398 e. The van der Waals surface area contributed by atoms with Gasteiger partial charge in [-0.25, -0.2) is 4.98 Å². The summed E-state index contributed by atoms with van der Waals surface area (Å²) in [5.41, 5.74) is 17.8. The van der Waals surface area contributed by atoms with Crippen LogP contribution in [-0.2, 0) is 0 Å². The maximum absolute atomic E-state index is 12.9. The third-order valence-electron chi connectivity index (χ3n) is 5.67. The molecule has 3 heterocycles. The lowest BCUT2D eigenvalue weighted by Gasteiger charge is -2.10. The van der Waals surface area contributed by atoms with Gasteiger partial charge in [-0.2, -0.15) is 0 Å². The highest BCUT2D eigenvalue weighted by molar-refractivity contribution is 6.07. The molecule has 2 amide bonds. The smallest absolute Gasteiger partial charge is 0.274 e. The third kappa shape index (κ3) is 5.26. The minimum Gasteiger partial charge on any atom is -0.398 e. The highest BCUT2D eigenvalue weighted by atomic mass is 35.5. The number of pyridine rings is 3. The number of rotatable bonds is 4. The summed E-state index contributed by atoms with van der Waals surface area (Å²) in [4.78, 5) is 38.9. The van der Waals surface area contributed by atoms with Gasteiger partial charge in [0.2, 0.25) is 0 Å². The lowest BCUT2D eigenvalue weighted by molar-refractivity contribution is 0.101. The van der Waals surface area contributed by atoms with E-state index < -0.39 is 11.8 Å². The fraction of sp³-hybridized carbons (Fsp3) is 0.0741. The van der Waals surface area contributed by atoms with E-state index in [1.165, 1.54) is 12.1 Å². The fourth-order valence-corrected chi connectivity index (χ4v) is 4.01. The van der Waals surface area contributed by atoms with Crippen LogP contribution in [0.2, 0.25) is 0 Å². The van der Waals surface area contributed by atoms with Crippen LogP contribution in [0.15, 0.2) is 66.7 Å². The number of carbonyl (C=O) groups excluding carboxylic acids is 2. The van der Waals surface area contributed by atoms with Crippen molar-refractivity contribution in [1.82, 2.24) is 15.0 Å². The molecule has 5 rings (SSSR count). The summed E-state index contributed by atoms with van der Waals surface area (Å²) in [6.07, 6.45) is 0. The summed E-state index contributed by atoms with van der Waals surface area (Å²) in [6, 6.07) is 18.8. The number of hydrogen-bond donors (Lipinski definition) is 4. The van der Waals surface area contributed by atoms with E-state index in [2.05, 4.69) is 25.6 Å². The number of nitrogens with zero attached hydrogens (tertiary/aromatic N) is 3. The van der Waals surface area contributed by atoms with Crippen LogP contribution in [0.3, 0.4) is 0 Å². The van der Waals surface area contributed by atoms with E-state index in [0.29, 0.717) is 22.7 Å². The summed E-state index contributed by atoms with van der Waals surface area (Å²) in [6.45, 7) is 3.74. The Hall–Kier alpha value is -4.76. The average molecular weight is 514 g/mol. The molecule has 0 aliphatic carbocycles. The minimum absolute atomic E-state index is 0. The number of nitrogens with one attached hydrogen (secondary N) is 2. The molecule has 0 aliphatic heterocycles. The molecule has 6 N–H and O–H groups in total. The number of fused-ring (bicyclic) bond motifs is 2. The summed E-state index contributed by atoms with van der Waals surface area (Å²) in [5.74, 6) is -0.912. The predicted octanol–water partition coefficient (Wildman–Crippen LogP) is 4.89. The van der Waals surface area contributed by atoms with Gasteiger partial charge < -0.3 is 22.1 Å². The zero-order valence-electron chi connectivity index (χ0n) is 20.1. The first-order valence-corrected chi connectivity index (χ1v) is 11.2. The lowest BCUT2D eigenvalue weighted by Crippen LogP contribution is -2.18. The SMILES string of the molecule is Cc1cc(N)c2cc(NC(=O)c3cccc(C(=O)Nc4ccc5nc(C)cc(N)c5c4)n3)ccc2n1.Cl. The van der Waals surface area contributed by atoms with Crippen molar-refractivity contribution in [2.45, 2.75) is 13.8 Å². The molecule has 0 atom stereocenters. The Kier molecular flexibility index (Phi) is 6.90. The fourth-order valence-electron chi connectivity index (χ4n) is 4.01. The first-order chi connectivity index (χ1) is 17.3. The van der Waals surface area contributed by atoms with Crippen molar-refractivity contribution in [3.63, 3.8) is 0 Å². The molecule has 0 bridgehead atoms. The van der Waals surface area contributed by atoms with Crippen LogP contribution in [0.1, 0.15) is 32.4 Å². The number of aromatic nitrogens is 3. The van der Waals surface area contributed by atoms with Gasteiger partial charge in [-0.1, -0.05) is 6.07 Å². The van der Waals surface area contributed by atoms with Gasteiger partial charge in [-0.05, 0) is 74.5 Å². The monoisotopic (exact) mass is 513 g/mol. The summed E-state index contributed by atoms with van der Waals surface area (Å²) in [5, 5.41) is 7.08. The van der Waals surface area contributed by atoms with E-state index >= 15 is 0 Å². The molecule has 0 spiro atoms. The van der Waals surface area contributed by atoms with E-state index in [4.69, 9.17) is 11.5 Å². The van der Waals surface area contributed by atoms with Gasteiger partial charge >= 0.3 is 0 Å². The number of anilines is 4. The summed E-state index contributed by atoms with van der Waals surface area (Å²) >= 11 is 0. The zero-order valence-corrected chi connectivity index (χ0v) is 20.9. The van der Waals surface area contributed by atoms with Gasteiger partial charge in [0.15, 0.2) is 0 Å². The molecular formula is C27H24ClN7O2. The second kappa shape index (κ2) is 10.1. The quantitative estimate of drug-likeness (QED) is 0.267. The van der Waals surface area contributed by atoms with E-state index in [0.717, 1.165) is 33.2 Å². The van der Waals surface area contributed by atoms with Gasteiger partial charge in [-0.15, -0.1) is 12.4 Å². The van der Waals surface area contributed by atoms with Crippen molar-refractivity contribution in [3.8, 4) is 0 Å². The molecule has 0 unspecified atom stereocenters. The zero-order chi connectivity index (χ0) is 25.4. The van der Waals surface area contributed by atoms with Gasteiger partial charge in [-0.3, -0.25) is 19.6 Å². The van der Waals surface area contributed by atoms with E-state index in [1.807, 2.05) is 13.8 Å². The van der Waals surface area contributed by atoms with Crippen molar-refractivity contribution < 1.29 is 9.59 Å². The van der Waals surface area contributed by atoms with Crippen LogP contribution >= 0.6 is 12.4 Å². The first-order valence-electron chi connectivity index (χ1n) is 11.2. The molecule has 0 saturated heterocycles. The highest BCUT2D eigenvalue weighted by Crippen LogP contribution is 2.25. The van der Waals surface area contributed by atoms with Crippen LogP contribution in [0.25, 0.3) is 21.8 Å². The minimum atomic E-state index is -0.456. The maximum Gasteiger partial charge on any atom is 0.274 e. The number of aryl methyl sites for hydroxylation is 2. The number of benzene rings is 2. The van der Waals surface area contributed by atoms with Crippen molar-refractivity contribution in [2.24, 2.45) is 0 Å². The Balaban J connectivity index is 0.00000320. The lowest BCUT2D eigenvalue weighted by atomic mass is 10.1. The Morgan fingerprint density at radius 2 is 1.08 bits per heavy atom. The Morgan fingerprint density at radius 3 is 1.51 bits per heavy atom. The number of halogens is 1. The first kappa shape index (κ1) is 25.3. The number of nitrogen functional groups attached to an aromatic ring is 2. The van der Waals surface area contributed by atoms with Crippen LogP contribution in [0.5, 0.6) is 0 Å². The molecule has 186 valence electrons. The van der Waals surface area contributed by atoms with Crippen molar-refractivity contribution in [2.75, 3.05) is 22.1 Å². The van der Waals surface area contributed by atoms with Crippen LogP contribution in [-0.4, -0.2) is 26.8 Å². The molecule has 0 fully saturated rings. The number of amides is 2. The van der Waals surface area contributed by atoms with Crippen molar-refractivity contribution >= 4 is 68.8 Å². The number of carbonyl (C=O) groups is 2. The van der Waals surface area contributed by atoms with Gasteiger partial charge in [0.25, 0.3) is 11.8 Å². The van der Waals surface area contributed by atoms with Crippen LogP contribution < -0.4 is 22.1 Å². The molecule has 37 heavy (non-hydrogen) atoms. The molecule has 0 radical (unpaired) electrons. The number of hydrogen-bond acceptors (Lipinski definition) is 7. The maximum atomic E-state index is 12.9. The molecule has 5 aromatic rings. The van der Waals surface area contributed by atoms with Gasteiger partial charge in [0.05, 0.1) is 11.0 Å². The van der Waals surface area contributed by atoms with Crippen molar-refractivity contribution in [1.29, 1.82) is 0 Å². The van der Waals surface area contributed by atoms with Gasteiger partial charge in [0, 0.05) is 44.9 Å². The molecule has 9 nitrogen and oxygen atoms in total. The molecule has 10 heteroatoms. The highest BCUT2D eigenvalue weighted by Gasteiger charge is 2.14. The second-order valence-corrected chi connectivity index (χ2v) is 8.49. The topological polar surface area (TPSA) is 149 Å². The standard InChI is InChI=1S/C27H23N7O2.ClH/c1-14-10-20(28)18-12-16(6-8-22(18)30-14)32-26(35)24-4-3-5-25(34-24)27(36)33-17-7-9-23-19(13-17)21(29)11-15(2)31-23;/h3-13H,1-2H3,(H2,28,30)(H2,29,31)(H,32,35)(H,33,36);1H. The second-order valence-electron chi connectivity index (χ2n) is 8.49. The van der Waals surface area contributed by atoms with E-state index in [-0.39, 0.29) is 23.8 Å². The molecular weight excluding hydrogens is 490 g/mol. The molecule has 0 saturated carbocycles. The Bertz CT molecular complexity index is 1570. The van der Waals surface area contributed by atoms with Crippen molar-refractivity contribution in [3.05, 3.63) is 89.5 Å². The summed E-state index contributed by atoms with van der Waals surface area (Å²) in [7, 11) is 0. The van der Waals surface area contributed by atoms with E-state index in [9.17, 15) is 9.59 Å². The van der Waals surface area contributed by atoms with Crippen LogP contribution in [0, 0.1) is 13.8 Å². The predicted molar refractivity (Wildman–Crippen MR) is 149 cm³/mol. The molecule has 3 aromatic heterocycles. The van der Waals surface area contributed by atoms with Gasteiger partial charge in [0.1, 0.15) is 11.4 Å². The molecule has 2 aromatic carbocycles. The Labute approximate surface area is 218 Å². The summed E-state index contributed by atoms with van der Waals surface area (Å²) < 4.78 is 0. The number of nitrogens with two attached hydrogens (primary N) is 2. The average Bonchev–Trinajstić information content (AvgIpc) is 2.84. The third-order valence-corrected chi connectivity index (χ3v) is 5.67. The molecule has 0 aliphatic rings. The normalized spacial score (nSPS) is 10.6. The van der Waals surface area contributed by atoms with E-state index in [1.54, 1.807) is 54.6 Å². The Morgan fingerprint density at radius 1 is 0.649 bits per heavy atom.